The standard InChI is InChI=1S/C18H17N3O/c1-2-13-7-9-14(10-8-13)18(22)21-20-12-15-11-19-17-6-4-3-5-16(15)17/h3-12,19H,2H2,1H3,(H,21,22)/b20-12+. The molecule has 3 rings (SSSR count). The highest BCUT2D eigenvalue weighted by molar-refractivity contribution is 6.00. The van der Waals surface area contributed by atoms with Gasteiger partial charge in [-0.2, -0.15) is 5.10 Å². The summed E-state index contributed by atoms with van der Waals surface area (Å²) in [5, 5.41) is 5.11. The summed E-state index contributed by atoms with van der Waals surface area (Å²) >= 11 is 0. The van der Waals surface area contributed by atoms with Gasteiger partial charge in [0.15, 0.2) is 0 Å². The third-order valence-corrected chi connectivity index (χ3v) is 3.62. The van der Waals surface area contributed by atoms with Gasteiger partial charge < -0.3 is 4.98 Å². The average molecular weight is 291 g/mol. The molecule has 0 saturated heterocycles. The van der Waals surface area contributed by atoms with Crippen molar-refractivity contribution in [3.05, 3.63) is 71.4 Å². The number of hydrazone groups is 1. The van der Waals surface area contributed by atoms with E-state index in [1.54, 1.807) is 6.21 Å². The quantitative estimate of drug-likeness (QED) is 0.561. The van der Waals surface area contributed by atoms with Crippen LogP contribution >= 0.6 is 0 Å². The number of amides is 1. The number of H-pyrrole nitrogens is 1. The number of carbonyl (C=O) groups is 1. The van der Waals surface area contributed by atoms with E-state index in [1.807, 2.05) is 54.7 Å². The largest absolute Gasteiger partial charge is 0.361 e. The van der Waals surface area contributed by atoms with Crippen molar-refractivity contribution >= 4 is 23.0 Å². The highest BCUT2D eigenvalue weighted by Crippen LogP contribution is 2.15. The van der Waals surface area contributed by atoms with Crippen molar-refractivity contribution in [1.29, 1.82) is 0 Å². The second-order valence-electron chi connectivity index (χ2n) is 5.04. The number of carbonyl (C=O) groups excluding carboxylic acids is 1. The lowest BCUT2D eigenvalue weighted by atomic mass is 10.1. The normalized spacial score (nSPS) is 11.1. The first-order chi connectivity index (χ1) is 10.8. The lowest BCUT2D eigenvalue weighted by Gasteiger charge is -2.01. The molecular formula is C18H17N3O. The summed E-state index contributed by atoms with van der Waals surface area (Å²) in [7, 11) is 0. The van der Waals surface area contributed by atoms with Crippen LogP contribution in [0.5, 0.6) is 0 Å². The molecule has 0 spiro atoms. The minimum Gasteiger partial charge on any atom is -0.361 e. The number of aryl methyl sites for hydroxylation is 1. The molecule has 1 aromatic heterocycles. The van der Waals surface area contributed by atoms with Gasteiger partial charge in [-0.3, -0.25) is 4.79 Å². The molecule has 0 aliphatic heterocycles. The molecule has 0 bridgehead atoms. The molecule has 2 aromatic carbocycles. The number of fused-ring (bicyclic) bond motifs is 1. The van der Waals surface area contributed by atoms with Crippen LogP contribution in [0.2, 0.25) is 0 Å². The summed E-state index contributed by atoms with van der Waals surface area (Å²) in [6.45, 7) is 2.08. The summed E-state index contributed by atoms with van der Waals surface area (Å²) in [5.74, 6) is -0.209. The predicted molar refractivity (Wildman–Crippen MR) is 89.2 cm³/mol. The van der Waals surface area contributed by atoms with Gasteiger partial charge >= 0.3 is 0 Å². The first kappa shape index (κ1) is 14.1. The van der Waals surface area contributed by atoms with Crippen LogP contribution in [-0.2, 0) is 6.42 Å². The van der Waals surface area contributed by atoms with E-state index in [2.05, 4.69) is 22.4 Å². The van der Waals surface area contributed by atoms with E-state index < -0.39 is 0 Å². The molecule has 0 aliphatic carbocycles. The Labute approximate surface area is 128 Å². The Bertz CT molecular complexity index is 816. The van der Waals surface area contributed by atoms with Gasteiger partial charge in [0.1, 0.15) is 0 Å². The Hall–Kier alpha value is -2.88. The Morgan fingerprint density at radius 1 is 1.18 bits per heavy atom. The van der Waals surface area contributed by atoms with Crippen LogP contribution in [0.25, 0.3) is 10.9 Å². The van der Waals surface area contributed by atoms with Gasteiger partial charge in [0.2, 0.25) is 0 Å². The molecule has 0 radical (unpaired) electrons. The van der Waals surface area contributed by atoms with E-state index in [0.717, 1.165) is 22.9 Å². The number of aromatic nitrogens is 1. The fraction of sp³-hybridized carbons (Fsp3) is 0.111. The predicted octanol–water partition coefficient (Wildman–Crippen LogP) is 3.49. The first-order valence-electron chi connectivity index (χ1n) is 7.26. The highest BCUT2D eigenvalue weighted by Gasteiger charge is 2.04. The van der Waals surface area contributed by atoms with Crippen molar-refractivity contribution < 1.29 is 4.79 Å². The second-order valence-corrected chi connectivity index (χ2v) is 5.04. The van der Waals surface area contributed by atoms with E-state index in [0.29, 0.717) is 5.56 Å². The Balaban J connectivity index is 1.69. The Morgan fingerprint density at radius 2 is 1.95 bits per heavy atom. The zero-order chi connectivity index (χ0) is 15.4. The van der Waals surface area contributed by atoms with E-state index in [-0.39, 0.29) is 5.91 Å². The van der Waals surface area contributed by atoms with E-state index in [9.17, 15) is 4.79 Å². The summed E-state index contributed by atoms with van der Waals surface area (Å²) < 4.78 is 0. The van der Waals surface area contributed by atoms with Gasteiger partial charge in [-0.25, -0.2) is 5.43 Å². The zero-order valence-electron chi connectivity index (χ0n) is 12.3. The number of hydrogen-bond donors (Lipinski definition) is 2. The maximum Gasteiger partial charge on any atom is 0.271 e. The zero-order valence-corrected chi connectivity index (χ0v) is 12.3. The summed E-state index contributed by atoms with van der Waals surface area (Å²) in [6, 6.07) is 15.5. The Kier molecular flexibility index (Phi) is 4.01. The van der Waals surface area contributed by atoms with Crippen molar-refractivity contribution in [3.8, 4) is 0 Å². The molecule has 3 aromatic rings. The third kappa shape index (κ3) is 2.91. The minimum absolute atomic E-state index is 0.209. The lowest BCUT2D eigenvalue weighted by Crippen LogP contribution is -2.17. The molecule has 0 unspecified atom stereocenters. The van der Waals surface area contributed by atoms with E-state index >= 15 is 0 Å². The van der Waals surface area contributed by atoms with E-state index in [4.69, 9.17) is 0 Å². The van der Waals surface area contributed by atoms with Gasteiger partial charge in [0.05, 0.1) is 6.21 Å². The van der Waals surface area contributed by atoms with E-state index in [1.165, 1.54) is 5.56 Å². The van der Waals surface area contributed by atoms with Gasteiger partial charge in [-0.15, -0.1) is 0 Å². The molecule has 1 amide bonds. The summed E-state index contributed by atoms with van der Waals surface area (Å²) in [6.07, 6.45) is 4.48. The molecule has 2 N–H and O–H groups in total. The lowest BCUT2D eigenvalue weighted by molar-refractivity contribution is 0.0955. The van der Waals surface area contributed by atoms with Gasteiger partial charge in [-0.05, 0) is 30.2 Å². The number of benzene rings is 2. The van der Waals surface area contributed by atoms with Gasteiger partial charge in [0.25, 0.3) is 5.91 Å². The van der Waals surface area contributed by atoms with Crippen LogP contribution in [0, 0.1) is 0 Å². The summed E-state index contributed by atoms with van der Waals surface area (Å²) in [4.78, 5) is 15.2. The van der Waals surface area contributed by atoms with Crippen LogP contribution in [0.1, 0.15) is 28.4 Å². The fourth-order valence-corrected chi connectivity index (χ4v) is 2.32. The number of aromatic amines is 1. The van der Waals surface area contributed by atoms with Gasteiger partial charge in [0, 0.05) is 28.2 Å². The number of para-hydroxylation sites is 1. The molecule has 22 heavy (non-hydrogen) atoms. The first-order valence-corrected chi connectivity index (χ1v) is 7.26. The molecule has 0 saturated carbocycles. The molecule has 0 aliphatic rings. The third-order valence-electron chi connectivity index (χ3n) is 3.62. The maximum atomic E-state index is 12.0. The van der Waals surface area contributed by atoms with Crippen molar-refractivity contribution in [1.82, 2.24) is 10.4 Å². The molecular weight excluding hydrogens is 274 g/mol. The van der Waals surface area contributed by atoms with Gasteiger partial charge in [-0.1, -0.05) is 37.3 Å². The molecule has 110 valence electrons. The molecule has 1 heterocycles. The van der Waals surface area contributed by atoms with Crippen LogP contribution in [0.3, 0.4) is 0 Å². The van der Waals surface area contributed by atoms with Crippen LogP contribution in [-0.4, -0.2) is 17.1 Å². The maximum absolute atomic E-state index is 12.0. The van der Waals surface area contributed by atoms with Crippen LogP contribution < -0.4 is 5.43 Å². The van der Waals surface area contributed by atoms with Crippen molar-refractivity contribution in [3.63, 3.8) is 0 Å². The summed E-state index contributed by atoms with van der Waals surface area (Å²) in [5.41, 5.74) is 6.36. The molecule has 0 atom stereocenters. The van der Waals surface area contributed by atoms with Crippen LogP contribution in [0.4, 0.5) is 0 Å². The van der Waals surface area contributed by atoms with Crippen molar-refractivity contribution in [2.45, 2.75) is 13.3 Å². The minimum atomic E-state index is -0.209. The fourth-order valence-electron chi connectivity index (χ4n) is 2.32. The highest BCUT2D eigenvalue weighted by atomic mass is 16.2. The smallest absolute Gasteiger partial charge is 0.271 e. The molecule has 0 fully saturated rings. The van der Waals surface area contributed by atoms with Crippen molar-refractivity contribution in [2.75, 3.05) is 0 Å². The Morgan fingerprint density at radius 3 is 2.73 bits per heavy atom. The number of nitrogens with zero attached hydrogens (tertiary/aromatic N) is 1. The molecule has 4 heteroatoms. The molecule has 4 nitrogen and oxygen atoms in total. The number of nitrogens with one attached hydrogen (secondary N) is 2. The number of hydrogen-bond acceptors (Lipinski definition) is 2. The SMILES string of the molecule is CCc1ccc(C(=O)N/N=C/c2c[nH]c3ccccc23)cc1. The number of rotatable bonds is 4. The second kappa shape index (κ2) is 6.26. The average Bonchev–Trinajstić information content (AvgIpc) is 2.98. The van der Waals surface area contributed by atoms with Crippen molar-refractivity contribution in [2.24, 2.45) is 5.10 Å². The monoisotopic (exact) mass is 291 g/mol. The topological polar surface area (TPSA) is 57.2 Å². The van der Waals surface area contributed by atoms with Crippen LogP contribution in [0.15, 0.2) is 59.8 Å².